The van der Waals surface area contributed by atoms with Crippen LogP contribution < -0.4 is 0 Å². The Morgan fingerprint density at radius 3 is 2.88 bits per heavy atom. The number of thioether (sulfide) groups is 1. The minimum Gasteiger partial charge on any atom is -0.444 e. The Kier molecular flexibility index (Phi) is 4.94. The van der Waals surface area contributed by atoms with Gasteiger partial charge in [0.2, 0.25) is 5.89 Å². The third-order valence-electron chi connectivity index (χ3n) is 3.68. The van der Waals surface area contributed by atoms with Crippen molar-refractivity contribution in [3.05, 3.63) is 71.0 Å². The number of nitrogens with zero attached hydrogens (tertiary/aromatic N) is 4. The summed E-state index contributed by atoms with van der Waals surface area (Å²) in [4.78, 5) is 5.92. The van der Waals surface area contributed by atoms with Crippen LogP contribution in [-0.4, -0.2) is 19.7 Å². The maximum absolute atomic E-state index is 5.58. The Bertz CT molecular complexity index is 916. The zero-order valence-corrected chi connectivity index (χ0v) is 15.0. The van der Waals surface area contributed by atoms with Crippen LogP contribution in [0.5, 0.6) is 0 Å². The number of thiophene rings is 1. The van der Waals surface area contributed by atoms with Crippen molar-refractivity contribution in [1.82, 2.24) is 19.7 Å². The van der Waals surface area contributed by atoms with Crippen molar-refractivity contribution in [1.29, 1.82) is 0 Å². The Labute approximate surface area is 153 Å². The average molecular weight is 368 g/mol. The molecule has 0 atom stereocenters. The van der Waals surface area contributed by atoms with Gasteiger partial charge in [-0.25, -0.2) is 4.98 Å². The van der Waals surface area contributed by atoms with Gasteiger partial charge in [0.05, 0.1) is 5.69 Å². The third-order valence-corrected chi connectivity index (χ3v) is 5.63. The van der Waals surface area contributed by atoms with Gasteiger partial charge in [-0.3, -0.25) is 0 Å². The summed E-state index contributed by atoms with van der Waals surface area (Å²) in [5.74, 6) is 1.35. The van der Waals surface area contributed by atoms with Gasteiger partial charge in [-0.1, -0.05) is 36.0 Å². The highest BCUT2D eigenvalue weighted by molar-refractivity contribution is 7.98. The molecule has 25 heavy (non-hydrogen) atoms. The second kappa shape index (κ2) is 7.67. The van der Waals surface area contributed by atoms with E-state index in [1.165, 1.54) is 4.88 Å². The van der Waals surface area contributed by atoms with Crippen LogP contribution in [-0.2, 0) is 18.7 Å². The van der Waals surface area contributed by atoms with Crippen LogP contribution in [0.1, 0.15) is 10.6 Å². The molecule has 0 fully saturated rings. The fourth-order valence-corrected chi connectivity index (χ4v) is 3.94. The molecule has 0 saturated heterocycles. The summed E-state index contributed by atoms with van der Waals surface area (Å²) in [5, 5.41) is 11.3. The molecule has 1 aromatic carbocycles. The molecule has 3 heterocycles. The molecule has 0 aliphatic carbocycles. The molecule has 4 rings (SSSR count). The van der Waals surface area contributed by atoms with E-state index in [9.17, 15) is 0 Å². The van der Waals surface area contributed by atoms with Crippen molar-refractivity contribution in [2.45, 2.75) is 23.9 Å². The maximum Gasteiger partial charge on any atom is 0.226 e. The lowest BCUT2D eigenvalue weighted by molar-refractivity contribution is 0.573. The lowest BCUT2D eigenvalue weighted by atomic mass is 10.2. The van der Waals surface area contributed by atoms with Crippen molar-refractivity contribution in [3.63, 3.8) is 0 Å². The lowest BCUT2D eigenvalue weighted by Gasteiger charge is -2.04. The molecule has 0 bridgehead atoms. The normalized spacial score (nSPS) is 11.0. The maximum atomic E-state index is 5.58. The van der Waals surface area contributed by atoms with Crippen molar-refractivity contribution < 1.29 is 4.42 Å². The molecule has 3 aromatic heterocycles. The third kappa shape index (κ3) is 4.00. The highest BCUT2D eigenvalue weighted by Crippen LogP contribution is 2.24. The van der Waals surface area contributed by atoms with E-state index in [4.69, 9.17) is 4.42 Å². The standard InChI is InChI=1S/C18H16N4OS2/c1-2-5-14(6-3-1)17-20-15(11-23-17)12-25-18-21-19-13-22(18)9-8-16-7-4-10-24-16/h1-7,10-11,13H,8-9,12H2. The zero-order chi connectivity index (χ0) is 16.9. The van der Waals surface area contributed by atoms with Gasteiger partial charge in [-0.05, 0) is 30.0 Å². The minimum atomic E-state index is 0.648. The lowest BCUT2D eigenvalue weighted by Crippen LogP contribution is -2.01. The number of aryl methyl sites for hydroxylation is 2. The number of aromatic nitrogens is 4. The Morgan fingerprint density at radius 2 is 2.04 bits per heavy atom. The summed E-state index contributed by atoms with van der Waals surface area (Å²) in [6, 6.07) is 14.1. The Hall–Kier alpha value is -2.38. The van der Waals surface area contributed by atoms with Crippen molar-refractivity contribution in [3.8, 4) is 11.5 Å². The van der Waals surface area contributed by atoms with Crippen LogP contribution >= 0.6 is 23.1 Å². The van der Waals surface area contributed by atoms with Crippen LogP contribution in [0.15, 0.2) is 70.0 Å². The molecule has 0 amide bonds. The van der Waals surface area contributed by atoms with Gasteiger partial charge in [0, 0.05) is 22.7 Å². The number of oxazole rings is 1. The number of benzene rings is 1. The van der Waals surface area contributed by atoms with Gasteiger partial charge in [0.1, 0.15) is 12.6 Å². The smallest absolute Gasteiger partial charge is 0.226 e. The first kappa shape index (κ1) is 16.1. The van der Waals surface area contributed by atoms with E-state index >= 15 is 0 Å². The van der Waals surface area contributed by atoms with E-state index in [1.807, 2.05) is 30.3 Å². The molecule has 0 aliphatic rings. The monoisotopic (exact) mass is 368 g/mol. The zero-order valence-electron chi connectivity index (χ0n) is 13.4. The van der Waals surface area contributed by atoms with Crippen molar-refractivity contribution in [2.24, 2.45) is 0 Å². The number of hydrogen-bond acceptors (Lipinski definition) is 6. The predicted octanol–water partition coefficient (Wildman–Crippen LogP) is 4.53. The number of rotatable bonds is 7. The highest BCUT2D eigenvalue weighted by Gasteiger charge is 2.10. The topological polar surface area (TPSA) is 56.7 Å². The minimum absolute atomic E-state index is 0.648. The number of hydrogen-bond donors (Lipinski definition) is 0. The molecule has 0 N–H and O–H groups in total. The molecule has 126 valence electrons. The van der Waals surface area contributed by atoms with E-state index in [0.29, 0.717) is 11.6 Å². The van der Waals surface area contributed by atoms with Gasteiger partial charge >= 0.3 is 0 Å². The summed E-state index contributed by atoms with van der Waals surface area (Å²) < 4.78 is 7.67. The SMILES string of the molecule is c1ccc(-c2nc(CSc3nncn3CCc3cccs3)co2)cc1. The van der Waals surface area contributed by atoms with Crippen LogP contribution in [0.3, 0.4) is 0 Å². The molecule has 0 radical (unpaired) electrons. The van der Waals surface area contributed by atoms with Crippen LogP contribution in [0, 0.1) is 0 Å². The fourth-order valence-electron chi connectivity index (χ4n) is 2.42. The molecule has 7 heteroatoms. The van der Waals surface area contributed by atoms with E-state index in [0.717, 1.165) is 29.4 Å². The van der Waals surface area contributed by atoms with Gasteiger partial charge in [0.15, 0.2) is 5.16 Å². The van der Waals surface area contributed by atoms with Gasteiger partial charge in [-0.15, -0.1) is 21.5 Å². The average Bonchev–Trinajstić information content (AvgIpc) is 3.40. The largest absolute Gasteiger partial charge is 0.444 e. The summed E-state index contributed by atoms with van der Waals surface area (Å²) in [5.41, 5.74) is 1.88. The molecule has 5 nitrogen and oxygen atoms in total. The van der Waals surface area contributed by atoms with E-state index in [1.54, 1.807) is 35.7 Å². The summed E-state index contributed by atoms with van der Waals surface area (Å²) in [6.07, 6.45) is 4.49. The molecule has 0 unspecified atom stereocenters. The van der Waals surface area contributed by atoms with Gasteiger partial charge in [0.25, 0.3) is 0 Å². The van der Waals surface area contributed by atoms with Crippen LogP contribution in [0.2, 0.25) is 0 Å². The molecular weight excluding hydrogens is 352 g/mol. The van der Waals surface area contributed by atoms with Crippen molar-refractivity contribution in [2.75, 3.05) is 0 Å². The first-order valence-corrected chi connectivity index (χ1v) is 9.78. The Balaban J connectivity index is 1.37. The van der Waals surface area contributed by atoms with Crippen LogP contribution in [0.4, 0.5) is 0 Å². The van der Waals surface area contributed by atoms with Crippen LogP contribution in [0.25, 0.3) is 11.5 Å². The molecule has 4 aromatic rings. The fraction of sp³-hybridized carbons (Fsp3) is 0.167. The van der Waals surface area contributed by atoms with Crippen molar-refractivity contribution >= 4 is 23.1 Å². The Morgan fingerprint density at radius 1 is 1.12 bits per heavy atom. The molecule has 0 aliphatic heterocycles. The first-order valence-electron chi connectivity index (χ1n) is 7.91. The predicted molar refractivity (Wildman–Crippen MR) is 99.5 cm³/mol. The first-order chi connectivity index (χ1) is 12.4. The molecule has 0 saturated carbocycles. The summed E-state index contributed by atoms with van der Waals surface area (Å²) in [6.45, 7) is 0.879. The second-order valence-electron chi connectivity index (χ2n) is 5.43. The van der Waals surface area contributed by atoms with E-state index in [-0.39, 0.29) is 0 Å². The van der Waals surface area contributed by atoms with Gasteiger partial charge in [-0.2, -0.15) is 0 Å². The molecular formula is C18H16N4OS2. The molecule has 0 spiro atoms. The van der Waals surface area contributed by atoms with E-state index < -0.39 is 0 Å². The summed E-state index contributed by atoms with van der Waals surface area (Å²) in [7, 11) is 0. The summed E-state index contributed by atoms with van der Waals surface area (Å²) >= 11 is 3.40. The highest BCUT2D eigenvalue weighted by atomic mass is 32.2. The quantitative estimate of drug-likeness (QED) is 0.449. The second-order valence-corrected chi connectivity index (χ2v) is 7.41. The van der Waals surface area contributed by atoms with Gasteiger partial charge < -0.3 is 8.98 Å². The van der Waals surface area contributed by atoms with E-state index in [2.05, 4.69) is 37.3 Å².